The maximum atomic E-state index is 10.9. The third-order valence-corrected chi connectivity index (χ3v) is 1.85. The maximum Gasteiger partial charge on any atom is 0.508 e. The van der Waals surface area contributed by atoms with E-state index in [1.54, 1.807) is 0 Å². The molecule has 0 amide bonds. The van der Waals surface area contributed by atoms with Gasteiger partial charge in [-0.1, -0.05) is 13.8 Å². The summed E-state index contributed by atoms with van der Waals surface area (Å²) in [5, 5.41) is 0. The van der Waals surface area contributed by atoms with Crippen molar-refractivity contribution < 1.29 is 14.3 Å². The summed E-state index contributed by atoms with van der Waals surface area (Å²) >= 11 is 0. The Labute approximate surface area is 73.0 Å². The summed E-state index contributed by atoms with van der Waals surface area (Å²) in [6.45, 7) is 4.44. The van der Waals surface area contributed by atoms with E-state index in [0.29, 0.717) is 12.5 Å². The Balaban J connectivity index is 2.03. The molecule has 1 saturated carbocycles. The lowest BCUT2D eigenvalue weighted by Gasteiger charge is -2.24. The Kier molecular flexibility index (Phi) is 3.38. The highest BCUT2D eigenvalue weighted by Gasteiger charge is 2.22. The highest BCUT2D eigenvalue weighted by Crippen LogP contribution is 2.22. The summed E-state index contributed by atoms with van der Waals surface area (Å²) < 4.78 is 9.82. The van der Waals surface area contributed by atoms with Crippen molar-refractivity contribution in [3.05, 3.63) is 0 Å². The first-order valence-electron chi connectivity index (χ1n) is 4.52. The van der Waals surface area contributed by atoms with Gasteiger partial charge in [0.15, 0.2) is 0 Å². The number of carbonyl (C=O) groups is 1. The second-order valence-electron chi connectivity index (χ2n) is 3.63. The highest BCUT2D eigenvalue weighted by atomic mass is 16.7. The monoisotopic (exact) mass is 172 g/mol. The molecule has 70 valence electrons. The van der Waals surface area contributed by atoms with Crippen LogP contribution in [0.1, 0.15) is 33.1 Å². The summed E-state index contributed by atoms with van der Waals surface area (Å²) in [5.41, 5.74) is 0. The van der Waals surface area contributed by atoms with E-state index in [0.717, 1.165) is 12.8 Å². The lowest BCUT2D eigenvalue weighted by molar-refractivity contribution is -0.00801. The summed E-state index contributed by atoms with van der Waals surface area (Å²) in [6, 6.07) is 0. The van der Waals surface area contributed by atoms with E-state index in [2.05, 4.69) is 0 Å². The molecule has 0 spiro atoms. The molecule has 0 aromatic carbocycles. The van der Waals surface area contributed by atoms with Crippen molar-refractivity contribution in [2.24, 2.45) is 5.92 Å². The first-order chi connectivity index (χ1) is 5.68. The smallest absolute Gasteiger partial charge is 0.434 e. The van der Waals surface area contributed by atoms with E-state index < -0.39 is 6.16 Å². The van der Waals surface area contributed by atoms with E-state index in [9.17, 15) is 4.79 Å². The maximum absolute atomic E-state index is 10.9. The molecule has 3 heteroatoms. The van der Waals surface area contributed by atoms with Crippen LogP contribution in [0.4, 0.5) is 4.79 Å². The van der Waals surface area contributed by atoms with Crippen LogP contribution in [0.2, 0.25) is 0 Å². The van der Waals surface area contributed by atoms with Crippen molar-refractivity contribution in [2.45, 2.75) is 39.2 Å². The van der Waals surface area contributed by atoms with Crippen molar-refractivity contribution in [1.29, 1.82) is 0 Å². The second-order valence-corrected chi connectivity index (χ2v) is 3.63. The van der Waals surface area contributed by atoms with Gasteiger partial charge in [0.1, 0.15) is 6.10 Å². The molecule has 3 nitrogen and oxygen atoms in total. The third-order valence-electron chi connectivity index (χ3n) is 1.85. The summed E-state index contributed by atoms with van der Waals surface area (Å²) in [6.07, 6.45) is 2.79. The molecule has 12 heavy (non-hydrogen) atoms. The molecule has 0 aromatic heterocycles. The van der Waals surface area contributed by atoms with E-state index >= 15 is 0 Å². The zero-order valence-corrected chi connectivity index (χ0v) is 7.71. The lowest BCUT2D eigenvalue weighted by Crippen LogP contribution is -2.26. The molecule has 1 fully saturated rings. The minimum atomic E-state index is -0.506. The van der Waals surface area contributed by atoms with Crippen LogP contribution < -0.4 is 0 Å². The molecular weight excluding hydrogens is 156 g/mol. The van der Waals surface area contributed by atoms with Gasteiger partial charge in [0.2, 0.25) is 0 Å². The van der Waals surface area contributed by atoms with Gasteiger partial charge >= 0.3 is 6.16 Å². The normalized spacial score (nSPS) is 17.2. The number of hydrogen-bond donors (Lipinski definition) is 0. The van der Waals surface area contributed by atoms with Crippen LogP contribution in [-0.4, -0.2) is 18.9 Å². The summed E-state index contributed by atoms with van der Waals surface area (Å²) in [7, 11) is 0. The van der Waals surface area contributed by atoms with Gasteiger partial charge < -0.3 is 9.47 Å². The Hall–Kier alpha value is -0.730. The van der Waals surface area contributed by atoms with Gasteiger partial charge in [-0.2, -0.15) is 0 Å². The van der Waals surface area contributed by atoms with Crippen molar-refractivity contribution in [3.8, 4) is 0 Å². The third kappa shape index (κ3) is 3.11. The van der Waals surface area contributed by atoms with Crippen molar-refractivity contribution >= 4 is 6.16 Å². The minimum absolute atomic E-state index is 0.129. The first kappa shape index (κ1) is 9.36. The first-order valence-corrected chi connectivity index (χ1v) is 4.52. The average Bonchev–Trinajstić information content (AvgIpc) is 1.93. The quantitative estimate of drug-likeness (QED) is 0.613. The van der Waals surface area contributed by atoms with Crippen molar-refractivity contribution in [3.63, 3.8) is 0 Å². The highest BCUT2D eigenvalue weighted by molar-refractivity contribution is 5.60. The molecule has 0 N–H and O–H groups in total. The van der Waals surface area contributed by atoms with Crippen LogP contribution >= 0.6 is 0 Å². The molecule has 0 aliphatic heterocycles. The fraction of sp³-hybridized carbons (Fsp3) is 0.889. The van der Waals surface area contributed by atoms with E-state index in [4.69, 9.17) is 9.47 Å². The van der Waals surface area contributed by atoms with Gasteiger partial charge in [-0.15, -0.1) is 0 Å². The predicted molar refractivity (Wildman–Crippen MR) is 44.9 cm³/mol. The van der Waals surface area contributed by atoms with Crippen LogP contribution in [0.15, 0.2) is 0 Å². The number of ether oxygens (including phenoxy) is 2. The molecule has 0 bridgehead atoms. The Morgan fingerprint density at radius 1 is 1.50 bits per heavy atom. The molecule has 1 rings (SSSR count). The zero-order valence-electron chi connectivity index (χ0n) is 7.71. The molecule has 0 heterocycles. The number of rotatable bonds is 3. The summed E-state index contributed by atoms with van der Waals surface area (Å²) in [5.74, 6) is 0.374. The standard InChI is InChI=1S/C9H16O3/c1-7(2)6-11-9(10)12-8-4-3-5-8/h7-8H,3-6H2,1-2H3. The Morgan fingerprint density at radius 3 is 2.58 bits per heavy atom. The molecular formula is C9H16O3. The SMILES string of the molecule is CC(C)COC(=O)OC1CCC1. The van der Waals surface area contributed by atoms with Crippen LogP contribution in [-0.2, 0) is 9.47 Å². The average molecular weight is 172 g/mol. The molecule has 0 aromatic rings. The fourth-order valence-corrected chi connectivity index (χ4v) is 0.893. The molecule has 0 saturated heterocycles. The van der Waals surface area contributed by atoms with E-state index in [1.165, 1.54) is 6.42 Å². The minimum Gasteiger partial charge on any atom is -0.434 e. The molecule has 0 atom stereocenters. The molecule has 0 radical (unpaired) electrons. The lowest BCUT2D eigenvalue weighted by atomic mass is 9.96. The van der Waals surface area contributed by atoms with Crippen LogP contribution in [0.3, 0.4) is 0 Å². The van der Waals surface area contributed by atoms with Gasteiger partial charge in [0, 0.05) is 0 Å². The number of hydrogen-bond acceptors (Lipinski definition) is 3. The topological polar surface area (TPSA) is 35.5 Å². The van der Waals surface area contributed by atoms with Gasteiger partial charge in [-0.05, 0) is 25.2 Å². The molecule has 0 unspecified atom stereocenters. The molecule has 1 aliphatic carbocycles. The Bertz CT molecular complexity index is 150. The van der Waals surface area contributed by atoms with Crippen molar-refractivity contribution in [2.75, 3.05) is 6.61 Å². The molecule has 1 aliphatic rings. The van der Waals surface area contributed by atoms with Gasteiger partial charge in [-0.25, -0.2) is 4.79 Å². The van der Waals surface area contributed by atoms with Gasteiger partial charge in [-0.3, -0.25) is 0 Å². The van der Waals surface area contributed by atoms with Crippen molar-refractivity contribution in [1.82, 2.24) is 0 Å². The second kappa shape index (κ2) is 4.33. The Morgan fingerprint density at radius 2 is 2.17 bits per heavy atom. The number of carbonyl (C=O) groups excluding carboxylic acids is 1. The largest absolute Gasteiger partial charge is 0.508 e. The summed E-state index contributed by atoms with van der Waals surface area (Å²) in [4.78, 5) is 10.9. The van der Waals surface area contributed by atoms with Crippen LogP contribution in [0.5, 0.6) is 0 Å². The fourth-order valence-electron chi connectivity index (χ4n) is 0.893. The van der Waals surface area contributed by atoms with Crippen LogP contribution in [0, 0.1) is 5.92 Å². The predicted octanol–water partition coefficient (Wildman–Crippen LogP) is 2.35. The van der Waals surface area contributed by atoms with Gasteiger partial charge in [0.05, 0.1) is 6.61 Å². The van der Waals surface area contributed by atoms with E-state index in [-0.39, 0.29) is 6.10 Å². The van der Waals surface area contributed by atoms with Gasteiger partial charge in [0.25, 0.3) is 0 Å². The van der Waals surface area contributed by atoms with E-state index in [1.807, 2.05) is 13.8 Å². The van der Waals surface area contributed by atoms with Crippen LogP contribution in [0.25, 0.3) is 0 Å². The zero-order chi connectivity index (χ0) is 8.97.